The number of ether oxygens (including phenoxy) is 1. The smallest absolute Gasteiger partial charge is 0.253 e. The largest absolute Gasteiger partial charge is 0.493 e. The molecule has 1 aliphatic rings. The Morgan fingerprint density at radius 3 is 2.43 bits per heavy atom. The molecule has 1 amide bonds. The van der Waals surface area contributed by atoms with Gasteiger partial charge < -0.3 is 14.2 Å². The third kappa shape index (κ3) is 4.84. The van der Waals surface area contributed by atoms with Crippen molar-refractivity contribution >= 4 is 15.9 Å². The normalized spacial score (nSPS) is 16.0. The molecule has 0 bridgehead atoms. The van der Waals surface area contributed by atoms with E-state index in [0.29, 0.717) is 49.8 Å². The number of amides is 1. The van der Waals surface area contributed by atoms with Crippen molar-refractivity contribution in [3.63, 3.8) is 0 Å². The van der Waals surface area contributed by atoms with E-state index in [1.807, 2.05) is 0 Å². The monoisotopic (exact) mass is 435 g/mol. The molecule has 1 saturated heterocycles. The lowest BCUT2D eigenvalue weighted by Gasteiger charge is -2.22. The number of sulfonamides is 1. The number of nitrogens with zero attached hydrogens (tertiary/aromatic N) is 3. The second-order valence-corrected chi connectivity index (χ2v) is 9.81. The summed E-state index contributed by atoms with van der Waals surface area (Å²) in [5, 5.41) is 3.76. The van der Waals surface area contributed by atoms with Gasteiger partial charge in [-0.05, 0) is 50.5 Å². The highest BCUT2D eigenvalue weighted by atomic mass is 32.2. The zero-order chi connectivity index (χ0) is 21.9. The molecule has 0 atom stereocenters. The molecule has 0 aliphatic carbocycles. The molecule has 1 fully saturated rings. The van der Waals surface area contributed by atoms with Crippen molar-refractivity contribution in [1.29, 1.82) is 0 Å². The second-order valence-electron chi connectivity index (χ2n) is 7.93. The summed E-state index contributed by atoms with van der Waals surface area (Å²) in [7, 11) is -3.71. The van der Waals surface area contributed by atoms with Crippen molar-refractivity contribution in [1.82, 2.24) is 14.4 Å². The van der Waals surface area contributed by atoms with Crippen LogP contribution >= 0.6 is 0 Å². The molecule has 8 nitrogen and oxygen atoms in total. The van der Waals surface area contributed by atoms with Crippen molar-refractivity contribution in [3.8, 4) is 5.75 Å². The summed E-state index contributed by atoms with van der Waals surface area (Å²) in [6.07, 6.45) is 0.559. The van der Waals surface area contributed by atoms with Crippen LogP contribution in [0.3, 0.4) is 0 Å². The van der Waals surface area contributed by atoms with E-state index in [0.717, 1.165) is 5.75 Å². The zero-order valence-corrected chi connectivity index (χ0v) is 18.7. The number of carbonyl (C=O) groups excluding carboxylic acids is 1. The molecule has 0 spiro atoms. The zero-order valence-electron chi connectivity index (χ0n) is 17.9. The highest BCUT2D eigenvalue weighted by Gasteiger charge is 2.33. The molecular weight excluding hydrogens is 406 g/mol. The maximum atomic E-state index is 13.0. The van der Waals surface area contributed by atoms with E-state index in [2.05, 4.69) is 19.0 Å². The molecule has 2 heterocycles. The van der Waals surface area contributed by atoms with Crippen LogP contribution in [0.15, 0.2) is 33.7 Å². The van der Waals surface area contributed by atoms with Crippen molar-refractivity contribution < 1.29 is 22.5 Å². The van der Waals surface area contributed by atoms with Gasteiger partial charge in [-0.2, -0.15) is 4.31 Å². The molecule has 0 radical (unpaired) electrons. The Hall–Kier alpha value is -2.39. The van der Waals surface area contributed by atoms with Crippen LogP contribution in [0, 0.1) is 19.8 Å². The molecule has 1 aliphatic heterocycles. The van der Waals surface area contributed by atoms with Crippen LogP contribution in [0.25, 0.3) is 0 Å². The maximum absolute atomic E-state index is 13.0. The van der Waals surface area contributed by atoms with E-state index in [-0.39, 0.29) is 23.1 Å². The lowest BCUT2D eigenvalue weighted by atomic mass is 10.2. The summed E-state index contributed by atoms with van der Waals surface area (Å²) < 4.78 is 38.2. The Balaban J connectivity index is 1.67. The Labute approximate surface area is 177 Å². The fourth-order valence-electron chi connectivity index (χ4n) is 3.45. The highest BCUT2D eigenvalue weighted by molar-refractivity contribution is 7.89. The van der Waals surface area contributed by atoms with Crippen molar-refractivity contribution in [3.05, 3.63) is 41.3 Å². The van der Waals surface area contributed by atoms with Crippen molar-refractivity contribution in [2.45, 2.75) is 39.0 Å². The van der Waals surface area contributed by atoms with Gasteiger partial charge >= 0.3 is 0 Å². The summed E-state index contributed by atoms with van der Waals surface area (Å²) in [4.78, 5) is 14.7. The molecule has 30 heavy (non-hydrogen) atoms. The molecule has 1 aromatic heterocycles. The van der Waals surface area contributed by atoms with E-state index in [9.17, 15) is 13.2 Å². The minimum atomic E-state index is -3.71. The number of benzene rings is 1. The average molecular weight is 436 g/mol. The van der Waals surface area contributed by atoms with Gasteiger partial charge in [0.1, 0.15) is 16.3 Å². The van der Waals surface area contributed by atoms with Gasteiger partial charge in [0, 0.05) is 31.7 Å². The van der Waals surface area contributed by atoms with Crippen molar-refractivity contribution in [2.24, 2.45) is 5.92 Å². The van der Waals surface area contributed by atoms with E-state index in [1.54, 1.807) is 43.0 Å². The minimum absolute atomic E-state index is 0.109. The van der Waals surface area contributed by atoms with Crippen LogP contribution in [0.2, 0.25) is 0 Å². The van der Waals surface area contributed by atoms with Gasteiger partial charge in [0.2, 0.25) is 10.0 Å². The first-order chi connectivity index (χ1) is 14.2. The Morgan fingerprint density at radius 1 is 1.13 bits per heavy atom. The second kappa shape index (κ2) is 9.18. The molecule has 1 aromatic carbocycles. The molecule has 0 N–H and O–H groups in total. The van der Waals surface area contributed by atoms with Gasteiger partial charge in [0.05, 0.1) is 6.61 Å². The topological polar surface area (TPSA) is 93.0 Å². The highest BCUT2D eigenvalue weighted by Crippen LogP contribution is 2.24. The SMILES string of the molecule is Cc1noc(C)c1S(=O)(=O)N1CCCN(C(=O)c2ccc(OCC(C)C)cc2)CC1. The molecule has 9 heteroatoms. The predicted molar refractivity (Wildman–Crippen MR) is 112 cm³/mol. The van der Waals surface area contributed by atoms with Gasteiger partial charge in [-0.3, -0.25) is 4.79 Å². The summed E-state index contributed by atoms with van der Waals surface area (Å²) in [5.41, 5.74) is 0.915. The van der Waals surface area contributed by atoms with Crippen LogP contribution in [0.1, 0.15) is 42.1 Å². The van der Waals surface area contributed by atoms with Crippen LogP contribution in [-0.4, -0.2) is 61.5 Å². The molecule has 0 unspecified atom stereocenters. The van der Waals surface area contributed by atoms with Gasteiger partial charge in [-0.15, -0.1) is 0 Å². The van der Waals surface area contributed by atoms with Gasteiger partial charge in [-0.1, -0.05) is 19.0 Å². The summed E-state index contributed by atoms with van der Waals surface area (Å²) in [6.45, 7) is 9.38. The Morgan fingerprint density at radius 2 is 1.83 bits per heavy atom. The number of aromatic nitrogens is 1. The number of rotatable bonds is 6. The third-order valence-electron chi connectivity index (χ3n) is 4.99. The summed E-state index contributed by atoms with van der Waals surface area (Å²) >= 11 is 0. The van der Waals surface area contributed by atoms with E-state index < -0.39 is 10.0 Å². The first kappa shape index (κ1) is 22.3. The molecule has 164 valence electrons. The first-order valence-corrected chi connectivity index (χ1v) is 11.6. The lowest BCUT2D eigenvalue weighted by Crippen LogP contribution is -2.37. The fourth-order valence-corrected chi connectivity index (χ4v) is 5.21. The summed E-state index contributed by atoms with van der Waals surface area (Å²) in [6, 6.07) is 7.09. The predicted octanol–water partition coefficient (Wildman–Crippen LogP) is 2.86. The van der Waals surface area contributed by atoms with Gasteiger partial charge in [-0.25, -0.2) is 8.42 Å². The van der Waals surface area contributed by atoms with Crippen LogP contribution in [-0.2, 0) is 10.0 Å². The standard InChI is InChI=1S/C21H29N3O5S/c1-15(2)14-28-19-8-6-18(7-9-19)21(25)23-10-5-11-24(13-12-23)30(26,27)20-16(3)22-29-17(20)4/h6-9,15H,5,10-14H2,1-4H3. The van der Waals surface area contributed by atoms with E-state index >= 15 is 0 Å². The van der Waals surface area contributed by atoms with Crippen LogP contribution in [0.4, 0.5) is 0 Å². The summed E-state index contributed by atoms with van der Waals surface area (Å²) in [5.74, 6) is 1.33. The molecular formula is C21H29N3O5S. The third-order valence-corrected chi connectivity index (χ3v) is 7.14. The number of hydrogen-bond acceptors (Lipinski definition) is 6. The minimum Gasteiger partial charge on any atom is -0.493 e. The maximum Gasteiger partial charge on any atom is 0.253 e. The quantitative estimate of drug-likeness (QED) is 0.693. The molecule has 0 saturated carbocycles. The Kier molecular flexibility index (Phi) is 6.82. The van der Waals surface area contributed by atoms with Crippen LogP contribution < -0.4 is 4.74 Å². The first-order valence-electron chi connectivity index (χ1n) is 10.2. The van der Waals surface area contributed by atoms with Crippen LogP contribution in [0.5, 0.6) is 5.75 Å². The number of hydrogen-bond donors (Lipinski definition) is 0. The van der Waals surface area contributed by atoms with Crippen molar-refractivity contribution in [2.75, 3.05) is 32.8 Å². The Bertz CT molecular complexity index is 963. The number of aryl methyl sites for hydroxylation is 2. The fraction of sp³-hybridized carbons (Fsp3) is 0.524. The number of carbonyl (C=O) groups is 1. The van der Waals surface area contributed by atoms with Gasteiger partial charge in [0.15, 0.2) is 5.76 Å². The molecule has 3 rings (SSSR count). The lowest BCUT2D eigenvalue weighted by molar-refractivity contribution is 0.0764. The molecule has 2 aromatic rings. The van der Waals surface area contributed by atoms with E-state index in [1.165, 1.54) is 4.31 Å². The van der Waals surface area contributed by atoms with E-state index in [4.69, 9.17) is 9.26 Å². The van der Waals surface area contributed by atoms with Gasteiger partial charge in [0.25, 0.3) is 5.91 Å². The average Bonchev–Trinajstić information content (AvgIpc) is 2.91.